The molecule has 2 aliphatic rings. The minimum Gasteiger partial charge on any atom is -0.463 e. The zero-order valence-electron chi connectivity index (χ0n) is 20.9. The van der Waals surface area contributed by atoms with Crippen molar-refractivity contribution >= 4 is 12.0 Å². The third-order valence-corrected chi connectivity index (χ3v) is 6.65. The first-order valence-electron chi connectivity index (χ1n) is 12.2. The quantitative estimate of drug-likeness (QED) is 0.374. The van der Waals surface area contributed by atoms with E-state index >= 15 is 0 Å². The Balaban J connectivity index is 1.67. The van der Waals surface area contributed by atoms with Crippen molar-refractivity contribution in [2.75, 3.05) is 13.4 Å². The number of fused-ring (bicyclic) bond motifs is 1. The van der Waals surface area contributed by atoms with Crippen LogP contribution in [0.3, 0.4) is 0 Å². The molecule has 2 amide bonds. The van der Waals surface area contributed by atoms with Gasteiger partial charge in [-0.2, -0.15) is 0 Å². The summed E-state index contributed by atoms with van der Waals surface area (Å²) in [5, 5.41) is 0. The SMILES string of the molecule is CCOC(=O)C1=C(C)N(Cc2ccccc2F)C(=O)N(Cc2ccccc2F)C1c1ccc2c(c1)OCO2. The van der Waals surface area contributed by atoms with Gasteiger partial charge in [0.25, 0.3) is 0 Å². The summed E-state index contributed by atoms with van der Waals surface area (Å²) in [6.07, 6.45) is 0. The van der Waals surface area contributed by atoms with Crippen LogP contribution in [0, 0.1) is 11.6 Å². The van der Waals surface area contributed by atoms with Gasteiger partial charge in [-0.05, 0) is 43.7 Å². The van der Waals surface area contributed by atoms with Crippen LogP contribution in [0.2, 0.25) is 0 Å². The van der Waals surface area contributed by atoms with Gasteiger partial charge in [-0.15, -0.1) is 0 Å². The highest BCUT2D eigenvalue weighted by atomic mass is 19.1. The van der Waals surface area contributed by atoms with E-state index in [0.717, 1.165) is 0 Å². The lowest BCUT2D eigenvalue weighted by molar-refractivity contribution is -0.139. The summed E-state index contributed by atoms with van der Waals surface area (Å²) >= 11 is 0. The fourth-order valence-electron chi connectivity index (χ4n) is 4.76. The summed E-state index contributed by atoms with van der Waals surface area (Å²) in [5.41, 5.74) is 1.62. The van der Waals surface area contributed by atoms with E-state index in [1.165, 1.54) is 21.9 Å². The van der Waals surface area contributed by atoms with E-state index in [4.69, 9.17) is 14.2 Å². The van der Waals surface area contributed by atoms with Crippen molar-refractivity contribution in [3.63, 3.8) is 0 Å². The van der Waals surface area contributed by atoms with Gasteiger partial charge >= 0.3 is 12.0 Å². The molecule has 0 saturated carbocycles. The smallest absolute Gasteiger partial charge is 0.338 e. The molecule has 3 aromatic rings. The van der Waals surface area contributed by atoms with Crippen LogP contribution in [-0.4, -0.2) is 35.2 Å². The molecule has 0 saturated heterocycles. The van der Waals surface area contributed by atoms with Crippen LogP contribution in [0.15, 0.2) is 78.0 Å². The maximum Gasteiger partial charge on any atom is 0.338 e. The number of nitrogens with zero attached hydrogens (tertiary/aromatic N) is 2. The zero-order valence-corrected chi connectivity index (χ0v) is 20.9. The number of allylic oxidation sites excluding steroid dienone is 1. The van der Waals surface area contributed by atoms with Crippen LogP contribution in [0.5, 0.6) is 11.5 Å². The van der Waals surface area contributed by atoms with E-state index < -0.39 is 29.7 Å². The van der Waals surface area contributed by atoms with Gasteiger partial charge in [0, 0.05) is 16.8 Å². The molecule has 0 aromatic heterocycles. The molecule has 38 heavy (non-hydrogen) atoms. The van der Waals surface area contributed by atoms with Crippen molar-refractivity contribution in [2.45, 2.75) is 33.0 Å². The number of ether oxygens (including phenoxy) is 3. The second kappa shape index (κ2) is 10.5. The molecule has 196 valence electrons. The maximum absolute atomic E-state index is 14.8. The number of halogens is 2. The molecule has 0 bridgehead atoms. The van der Waals surface area contributed by atoms with Gasteiger partial charge in [-0.25, -0.2) is 18.4 Å². The first kappa shape index (κ1) is 25.3. The average Bonchev–Trinajstić information content (AvgIpc) is 3.38. The Morgan fingerprint density at radius 3 is 2.24 bits per heavy atom. The van der Waals surface area contributed by atoms with Crippen LogP contribution >= 0.6 is 0 Å². The summed E-state index contributed by atoms with van der Waals surface area (Å²) in [5.74, 6) is -0.595. The second-order valence-corrected chi connectivity index (χ2v) is 8.91. The van der Waals surface area contributed by atoms with Crippen molar-refractivity contribution in [3.05, 3.63) is 106 Å². The Morgan fingerprint density at radius 1 is 0.947 bits per heavy atom. The van der Waals surface area contributed by atoms with E-state index in [9.17, 15) is 18.4 Å². The molecule has 3 aromatic carbocycles. The molecular weight excluding hydrogens is 494 g/mol. The Bertz CT molecular complexity index is 1420. The number of rotatable bonds is 7. The van der Waals surface area contributed by atoms with Crippen molar-refractivity contribution in [2.24, 2.45) is 0 Å². The average molecular weight is 521 g/mol. The first-order valence-corrected chi connectivity index (χ1v) is 12.2. The Morgan fingerprint density at radius 2 is 1.58 bits per heavy atom. The number of hydrogen-bond donors (Lipinski definition) is 0. The second-order valence-electron chi connectivity index (χ2n) is 8.91. The monoisotopic (exact) mass is 520 g/mol. The number of carbonyl (C=O) groups excluding carboxylic acids is 2. The van der Waals surface area contributed by atoms with Gasteiger partial charge in [0.15, 0.2) is 11.5 Å². The number of benzene rings is 3. The number of hydrogen-bond acceptors (Lipinski definition) is 5. The highest BCUT2D eigenvalue weighted by Crippen LogP contribution is 2.43. The van der Waals surface area contributed by atoms with Gasteiger partial charge in [0.05, 0.1) is 31.3 Å². The number of carbonyl (C=O) groups is 2. The summed E-state index contributed by atoms with van der Waals surface area (Å²) in [6.45, 7) is 3.21. The lowest BCUT2D eigenvalue weighted by atomic mass is 9.92. The molecule has 2 heterocycles. The molecule has 0 fully saturated rings. The van der Waals surface area contributed by atoms with Gasteiger partial charge in [-0.3, -0.25) is 4.90 Å². The summed E-state index contributed by atoms with van der Waals surface area (Å²) in [7, 11) is 0. The lowest BCUT2D eigenvalue weighted by Gasteiger charge is -2.43. The highest BCUT2D eigenvalue weighted by Gasteiger charge is 2.43. The standard InChI is InChI=1S/C29H26F2N2O5/c1-3-36-28(34)26-18(2)32(15-20-8-4-6-10-22(20)30)29(35)33(16-21-9-5-7-11-23(21)31)27(26)19-12-13-24-25(14-19)38-17-37-24/h4-14,27H,3,15-17H2,1-2H3. The topological polar surface area (TPSA) is 68.3 Å². The molecule has 0 spiro atoms. The van der Waals surface area contributed by atoms with Crippen molar-refractivity contribution in [1.82, 2.24) is 9.80 Å². The summed E-state index contributed by atoms with van der Waals surface area (Å²) in [6, 6.07) is 15.9. The number of urea groups is 1. The minimum atomic E-state index is -0.924. The summed E-state index contributed by atoms with van der Waals surface area (Å²) in [4.78, 5) is 30.2. The fraction of sp³-hybridized carbons (Fsp3) is 0.241. The number of esters is 1. The third kappa shape index (κ3) is 4.67. The van der Waals surface area contributed by atoms with Crippen LogP contribution < -0.4 is 9.47 Å². The molecule has 7 nitrogen and oxygen atoms in total. The van der Waals surface area contributed by atoms with Crippen LogP contribution in [-0.2, 0) is 22.6 Å². The van der Waals surface area contributed by atoms with Gasteiger partial charge in [-0.1, -0.05) is 42.5 Å². The normalized spacial score (nSPS) is 16.7. The molecule has 9 heteroatoms. The Kier molecular flexibility index (Phi) is 7.00. The van der Waals surface area contributed by atoms with E-state index in [0.29, 0.717) is 22.8 Å². The fourth-order valence-corrected chi connectivity index (χ4v) is 4.76. The minimum absolute atomic E-state index is 0.0529. The predicted octanol–water partition coefficient (Wildman–Crippen LogP) is 5.71. The lowest BCUT2D eigenvalue weighted by Crippen LogP contribution is -2.50. The predicted molar refractivity (Wildman–Crippen MR) is 134 cm³/mol. The third-order valence-electron chi connectivity index (χ3n) is 6.65. The molecule has 1 atom stereocenters. The maximum atomic E-state index is 14.8. The molecule has 5 rings (SSSR count). The molecule has 0 aliphatic carbocycles. The first-order chi connectivity index (χ1) is 18.4. The Hall–Kier alpha value is -4.40. The van der Waals surface area contributed by atoms with E-state index in [1.807, 2.05) is 0 Å². The molecule has 2 aliphatic heterocycles. The molecule has 0 N–H and O–H groups in total. The number of amides is 2. The van der Waals surface area contributed by atoms with Gasteiger partial charge in [0.2, 0.25) is 6.79 Å². The van der Waals surface area contributed by atoms with E-state index in [2.05, 4.69) is 0 Å². The van der Waals surface area contributed by atoms with E-state index in [-0.39, 0.29) is 43.2 Å². The van der Waals surface area contributed by atoms with Crippen molar-refractivity contribution in [1.29, 1.82) is 0 Å². The summed E-state index contributed by atoms with van der Waals surface area (Å²) < 4.78 is 45.8. The van der Waals surface area contributed by atoms with Crippen LogP contribution in [0.25, 0.3) is 0 Å². The van der Waals surface area contributed by atoms with Crippen LogP contribution in [0.4, 0.5) is 13.6 Å². The van der Waals surface area contributed by atoms with Crippen molar-refractivity contribution in [3.8, 4) is 11.5 Å². The van der Waals surface area contributed by atoms with Gasteiger partial charge in [0.1, 0.15) is 11.6 Å². The Labute approximate surface area is 218 Å². The molecular formula is C29H26F2N2O5. The molecule has 1 unspecified atom stereocenters. The van der Waals surface area contributed by atoms with Gasteiger partial charge < -0.3 is 19.1 Å². The zero-order chi connectivity index (χ0) is 26.8. The van der Waals surface area contributed by atoms with Crippen LogP contribution in [0.1, 0.15) is 36.6 Å². The van der Waals surface area contributed by atoms with E-state index in [1.54, 1.807) is 68.4 Å². The highest BCUT2D eigenvalue weighted by molar-refractivity contribution is 5.95. The molecule has 0 radical (unpaired) electrons. The van der Waals surface area contributed by atoms with Crippen molar-refractivity contribution < 1.29 is 32.6 Å². The largest absolute Gasteiger partial charge is 0.463 e.